The largest absolute Gasteiger partial charge is 0.508 e. The maximum absolute atomic E-state index is 13.4. The molecule has 1 aromatic heterocycles. The van der Waals surface area contributed by atoms with Crippen molar-refractivity contribution >= 4 is 20.9 Å². The van der Waals surface area contributed by atoms with Gasteiger partial charge in [-0.3, -0.25) is 0 Å². The quantitative estimate of drug-likeness (QED) is 0.451. The van der Waals surface area contributed by atoms with Crippen LogP contribution in [0, 0.1) is 11.3 Å². The van der Waals surface area contributed by atoms with Crippen molar-refractivity contribution in [3.8, 4) is 28.7 Å². The third-order valence-corrected chi connectivity index (χ3v) is 7.61. The summed E-state index contributed by atoms with van der Waals surface area (Å²) in [5, 5.41) is 20.4. The van der Waals surface area contributed by atoms with Gasteiger partial charge in [-0.25, -0.2) is 12.4 Å². The summed E-state index contributed by atoms with van der Waals surface area (Å²) in [6, 6.07) is 20.1. The monoisotopic (exact) mass is 474 g/mol. The summed E-state index contributed by atoms with van der Waals surface area (Å²) in [5.74, 6) is 0.505. The highest BCUT2D eigenvalue weighted by Crippen LogP contribution is 2.37. The fraction of sp³-hybridized carbons (Fsp3) is 0.192. The van der Waals surface area contributed by atoms with Crippen LogP contribution in [0.25, 0.3) is 22.0 Å². The van der Waals surface area contributed by atoms with E-state index in [1.54, 1.807) is 42.5 Å². The first kappa shape index (κ1) is 22.0. The van der Waals surface area contributed by atoms with E-state index >= 15 is 0 Å². The molecule has 0 amide bonds. The maximum atomic E-state index is 13.4. The van der Waals surface area contributed by atoms with Gasteiger partial charge in [-0.2, -0.15) is 5.26 Å². The van der Waals surface area contributed by atoms with Crippen LogP contribution >= 0.6 is 0 Å². The van der Waals surface area contributed by atoms with Gasteiger partial charge in [-0.05, 0) is 48.0 Å². The summed E-state index contributed by atoms with van der Waals surface area (Å²) in [6.07, 6.45) is 3.04. The predicted octanol–water partition coefficient (Wildman–Crippen LogP) is 4.68. The Morgan fingerprint density at radius 2 is 1.79 bits per heavy atom. The number of fused-ring (bicyclic) bond motifs is 1. The number of nitriles is 1. The summed E-state index contributed by atoms with van der Waals surface area (Å²) in [6.45, 7) is 1.26. The van der Waals surface area contributed by atoms with Crippen molar-refractivity contribution in [3.63, 3.8) is 0 Å². The maximum Gasteiger partial charge on any atom is 0.268 e. The molecule has 8 heteroatoms. The van der Waals surface area contributed by atoms with Crippen LogP contribution < -0.4 is 4.74 Å². The summed E-state index contributed by atoms with van der Waals surface area (Å²) >= 11 is 0. The molecular weight excluding hydrogens is 452 g/mol. The Bertz CT molecular complexity index is 1500. The number of aromatic hydroxyl groups is 1. The molecule has 0 saturated carbocycles. The van der Waals surface area contributed by atoms with Gasteiger partial charge in [0.2, 0.25) is 0 Å². The molecule has 1 fully saturated rings. The minimum absolute atomic E-state index is 0.0124. The molecule has 0 radical (unpaired) electrons. The number of hydrogen-bond acceptors (Lipinski definition) is 6. The Morgan fingerprint density at radius 1 is 1.03 bits per heavy atom. The smallest absolute Gasteiger partial charge is 0.268 e. The third-order valence-electron chi connectivity index (χ3n) is 5.93. The zero-order chi connectivity index (χ0) is 23.7. The average Bonchev–Trinajstić information content (AvgIpc) is 3.25. The predicted molar refractivity (Wildman–Crippen MR) is 127 cm³/mol. The lowest BCUT2D eigenvalue weighted by molar-refractivity contribution is 0.0254. The van der Waals surface area contributed by atoms with E-state index in [0.29, 0.717) is 46.6 Å². The van der Waals surface area contributed by atoms with E-state index in [9.17, 15) is 18.8 Å². The topological polar surface area (TPSA) is 102 Å². The average molecular weight is 475 g/mol. The summed E-state index contributed by atoms with van der Waals surface area (Å²) in [7, 11) is -3.88. The van der Waals surface area contributed by atoms with Gasteiger partial charge in [0.05, 0.1) is 29.2 Å². The molecule has 5 rings (SSSR count). The molecule has 1 aliphatic rings. The van der Waals surface area contributed by atoms with Crippen LogP contribution in [-0.4, -0.2) is 36.8 Å². The van der Waals surface area contributed by atoms with Crippen LogP contribution in [0.3, 0.4) is 0 Å². The van der Waals surface area contributed by atoms with Gasteiger partial charge < -0.3 is 14.6 Å². The molecule has 0 unspecified atom stereocenters. The molecule has 172 valence electrons. The van der Waals surface area contributed by atoms with Crippen LogP contribution in [0.1, 0.15) is 18.4 Å². The van der Waals surface area contributed by atoms with Crippen LogP contribution in [0.5, 0.6) is 11.5 Å². The second-order valence-corrected chi connectivity index (χ2v) is 9.93. The second kappa shape index (κ2) is 8.86. The Hall–Kier alpha value is -3.80. The molecule has 3 aromatic carbocycles. The highest BCUT2D eigenvalue weighted by molar-refractivity contribution is 7.90. The number of ether oxygens (including phenoxy) is 2. The first-order valence-electron chi connectivity index (χ1n) is 10.9. The highest BCUT2D eigenvalue weighted by Gasteiger charge is 2.23. The van der Waals surface area contributed by atoms with Crippen molar-refractivity contribution in [2.24, 2.45) is 0 Å². The number of phenolic OH excluding ortho intramolecular Hbond substituents is 1. The fourth-order valence-corrected chi connectivity index (χ4v) is 5.57. The zero-order valence-electron chi connectivity index (χ0n) is 18.2. The summed E-state index contributed by atoms with van der Waals surface area (Å²) in [4.78, 5) is 0.157. The van der Waals surface area contributed by atoms with Gasteiger partial charge in [0.1, 0.15) is 23.7 Å². The minimum Gasteiger partial charge on any atom is -0.508 e. The Labute approximate surface area is 197 Å². The highest BCUT2D eigenvalue weighted by atomic mass is 32.2. The molecule has 1 N–H and O–H groups in total. The van der Waals surface area contributed by atoms with Gasteiger partial charge >= 0.3 is 0 Å². The molecule has 34 heavy (non-hydrogen) atoms. The van der Waals surface area contributed by atoms with Gasteiger partial charge in [-0.15, -0.1) is 0 Å². The lowest BCUT2D eigenvalue weighted by Crippen LogP contribution is -2.26. The van der Waals surface area contributed by atoms with E-state index in [1.165, 1.54) is 34.4 Å². The van der Waals surface area contributed by atoms with Crippen LogP contribution in [-0.2, 0) is 14.8 Å². The molecule has 2 heterocycles. The molecule has 1 saturated heterocycles. The molecule has 0 aliphatic carbocycles. The third kappa shape index (κ3) is 4.00. The number of aromatic nitrogens is 1. The molecule has 7 nitrogen and oxygen atoms in total. The van der Waals surface area contributed by atoms with Crippen molar-refractivity contribution in [3.05, 3.63) is 78.5 Å². The van der Waals surface area contributed by atoms with Crippen molar-refractivity contribution in [2.45, 2.75) is 23.8 Å². The van der Waals surface area contributed by atoms with E-state index in [1.807, 2.05) is 0 Å². The fourth-order valence-electron chi connectivity index (χ4n) is 4.18. The van der Waals surface area contributed by atoms with E-state index in [0.717, 1.165) is 12.8 Å². The standard InChI is InChI=1S/C26H22N2O5S/c27-16-19-14-18(6-9-26(19)33-21-10-12-32-13-11-21)24-17-28(25-8-7-20(29)15-23(24)25)34(30,31)22-4-2-1-3-5-22/h1-9,14-15,17,21,29H,10-13H2. The lowest BCUT2D eigenvalue weighted by atomic mass is 10.0. The molecule has 0 atom stereocenters. The SMILES string of the molecule is N#Cc1cc(-c2cn(S(=O)(=O)c3ccccc3)c3ccc(O)cc23)ccc1OC1CCOCC1. The summed E-state index contributed by atoms with van der Waals surface area (Å²) in [5.41, 5.74) is 2.02. The Morgan fingerprint density at radius 3 is 2.53 bits per heavy atom. The normalized spacial score (nSPS) is 14.7. The number of hydrogen-bond donors (Lipinski definition) is 1. The number of rotatable bonds is 5. The van der Waals surface area contributed by atoms with Gasteiger partial charge in [0.25, 0.3) is 10.0 Å². The van der Waals surface area contributed by atoms with Crippen LogP contribution in [0.2, 0.25) is 0 Å². The van der Waals surface area contributed by atoms with Crippen LogP contribution in [0.4, 0.5) is 0 Å². The van der Waals surface area contributed by atoms with E-state index in [-0.39, 0.29) is 16.7 Å². The molecule has 4 aromatic rings. The van der Waals surface area contributed by atoms with Crippen molar-refractivity contribution in [1.82, 2.24) is 3.97 Å². The molecule has 0 bridgehead atoms. The van der Waals surface area contributed by atoms with E-state index < -0.39 is 10.0 Å². The number of phenols is 1. The van der Waals surface area contributed by atoms with Gasteiger partial charge in [0, 0.05) is 30.0 Å². The Balaban J connectivity index is 1.62. The van der Waals surface area contributed by atoms with Gasteiger partial charge in [-0.1, -0.05) is 24.3 Å². The zero-order valence-corrected chi connectivity index (χ0v) is 19.0. The van der Waals surface area contributed by atoms with E-state index in [4.69, 9.17) is 9.47 Å². The first-order valence-corrected chi connectivity index (χ1v) is 12.3. The molecular formula is C26H22N2O5S. The summed E-state index contributed by atoms with van der Waals surface area (Å²) < 4.78 is 39.4. The molecule has 1 aliphatic heterocycles. The number of benzene rings is 3. The number of nitrogens with zero attached hydrogens (tertiary/aromatic N) is 2. The minimum atomic E-state index is -3.88. The molecule has 0 spiro atoms. The van der Waals surface area contributed by atoms with Gasteiger partial charge in [0.15, 0.2) is 0 Å². The van der Waals surface area contributed by atoms with Crippen LogP contribution in [0.15, 0.2) is 77.8 Å². The lowest BCUT2D eigenvalue weighted by Gasteiger charge is -2.23. The second-order valence-electron chi connectivity index (χ2n) is 8.11. The first-order chi connectivity index (χ1) is 16.5. The Kier molecular flexibility index (Phi) is 5.74. The van der Waals surface area contributed by atoms with Crippen molar-refractivity contribution < 1.29 is 23.0 Å². The van der Waals surface area contributed by atoms with Crippen molar-refractivity contribution in [2.75, 3.05) is 13.2 Å². The van der Waals surface area contributed by atoms with Crippen molar-refractivity contribution in [1.29, 1.82) is 5.26 Å². The van der Waals surface area contributed by atoms with E-state index in [2.05, 4.69) is 6.07 Å².